The second-order valence-corrected chi connectivity index (χ2v) is 4.64. The number of aryl methyl sites for hydroxylation is 3. The molecule has 0 aliphatic rings. The fourth-order valence-corrected chi connectivity index (χ4v) is 2.00. The highest BCUT2D eigenvalue weighted by atomic mass is 16.1. The summed E-state index contributed by atoms with van der Waals surface area (Å²) in [5.41, 5.74) is 4.89. The van der Waals surface area contributed by atoms with Crippen LogP contribution in [-0.2, 0) is 17.6 Å². The van der Waals surface area contributed by atoms with Gasteiger partial charge < -0.3 is 0 Å². The monoisotopic (exact) mass is 230 g/mol. The molecule has 0 N–H and O–H groups in total. The highest BCUT2D eigenvalue weighted by molar-refractivity contribution is 5.92. The van der Waals surface area contributed by atoms with Gasteiger partial charge in [-0.25, -0.2) is 0 Å². The van der Waals surface area contributed by atoms with E-state index in [4.69, 9.17) is 0 Å². The topological polar surface area (TPSA) is 17.1 Å². The molecule has 0 unspecified atom stereocenters. The van der Waals surface area contributed by atoms with Crippen LogP contribution in [0.2, 0.25) is 0 Å². The Kier molecular flexibility index (Phi) is 5.14. The standard InChI is InChI=1S/C16H22O/c1-5-15-10-9-12(2)11-16(15)8-6-7-13(3)14(4)17/h9-11H,3,5-8H2,1-2,4H3. The van der Waals surface area contributed by atoms with Crippen LogP contribution in [0, 0.1) is 6.92 Å². The van der Waals surface area contributed by atoms with E-state index < -0.39 is 0 Å². The predicted molar refractivity (Wildman–Crippen MR) is 73.3 cm³/mol. The molecule has 1 heteroatoms. The summed E-state index contributed by atoms with van der Waals surface area (Å²) in [6.07, 6.45) is 3.93. The van der Waals surface area contributed by atoms with Crippen molar-refractivity contribution in [3.05, 3.63) is 47.0 Å². The zero-order valence-corrected chi connectivity index (χ0v) is 11.2. The Balaban J connectivity index is 2.59. The van der Waals surface area contributed by atoms with Gasteiger partial charge in [-0.3, -0.25) is 4.79 Å². The molecule has 1 aromatic carbocycles. The molecule has 1 nitrogen and oxygen atoms in total. The molecule has 17 heavy (non-hydrogen) atoms. The number of carbonyl (C=O) groups is 1. The first-order valence-corrected chi connectivity index (χ1v) is 6.31. The minimum atomic E-state index is 0.116. The highest BCUT2D eigenvalue weighted by Crippen LogP contribution is 2.16. The molecule has 1 aromatic rings. The summed E-state index contributed by atoms with van der Waals surface area (Å²) in [7, 11) is 0. The van der Waals surface area contributed by atoms with Gasteiger partial charge in [-0.05, 0) is 56.2 Å². The van der Waals surface area contributed by atoms with Crippen molar-refractivity contribution in [1.82, 2.24) is 0 Å². The molecule has 0 aliphatic heterocycles. The van der Waals surface area contributed by atoms with Crippen molar-refractivity contribution in [3.8, 4) is 0 Å². The summed E-state index contributed by atoms with van der Waals surface area (Å²) in [6.45, 7) is 9.69. The fraction of sp³-hybridized carbons (Fsp3) is 0.438. The molecule has 0 heterocycles. The van der Waals surface area contributed by atoms with Gasteiger partial charge in [0.05, 0.1) is 0 Å². The lowest BCUT2D eigenvalue weighted by Crippen LogP contribution is -1.98. The lowest BCUT2D eigenvalue weighted by atomic mass is 9.96. The average Bonchev–Trinajstić information content (AvgIpc) is 2.29. The van der Waals surface area contributed by atoms with Crippen LogP contribution in [0.15, 0.2) is 30.4 Å². The van der Waals surface area contributed by atoms with E-state index in [1.165, 1.54) is 16.7 Å². The quantitative estimate of drug-likeness (QED) is 0.674. The van der Waals surface area contributed by atoms with Crippen LogP contribution >= 0.6 is 0 Å². The first-order chi connectivity index (χ1) is 8.04. The maximum atomic E-state index is 11.1. The second-order valence-electron chi connectivity index (χ2n) is 4.64. The average molecular weight is 230 g/mol. The number of Topliss-reactive ketones (excluding diaryl/α,β-unsaturated/α-hetero) is 1. The molecule has 0 radical (unpaired) electrons. The molecule has 0 aromatic heterocycles. The SMILES string of the molecule is C=C(CCCc1cc(C)ccc1CC)C(C)=O. The third-order valence-corrected chi connectivity index (χ3v) is 3.17. The van der Waals surface area contributed by atoms with Crippen molar-refractivity contribution in [2.45, 2.75) is 46.5 Å². The first-order valence-electron chi connectivity index (χ1n) is 6.31. The van der Waals surface area contributed by atoms with Crippen molar-refractivity contribution in [3.63, 3.8) is 0 Å². The number of carbonyl (C=O) groups excluding carboxylic acids is 1. The summed E-state index contributed by atoms with van der Waals surface area (Å²) >= 11 is 0. The van der Waals surface area contributed by atoms with Gasteiger partial charge >= 0.3 is 0 Å². The Morgan fingerprint density at radius 2 is 2.00 bits per heavy atom. The molecule has 1 rings (SSSR count). The van der Waals surface area contributed by atoms with Crippen molar-refractivity contribution in [1.29, 1.82) is 0 Å². The van der Waals surface area contributed by atoms with Gasteiger partial charge in [-0.1, -0.05) is 37.3 Å². The smallest absolute Gasteiger partial charge is 0.155 e. The number of benzene rings is 1. The van der Waals surface area contributed by atoms with Crippen LogP contribution in [0.3, 0.4) is 0 Å². The summed E-state index contributed by atoms with van der Waals surface area (Å²) in [4.78, 5) is 11.1. The van der Waals surface area contributed by atoms with Crippen molar-refractivity contribution >= 4 is 5.78 Å². The predicted octanol–water partition coefficient (Wildman–Crippen LogP) is 4.03. The van der Waals surface area contributed by atoms with Crippen LogP contribution in [0.5, 0.6) is 0 Å². The van der Waals surface area contributed by atoms with E-state index in [-0.39, 0.29) is 5.78 Å². The van der Waals surface area contributed by atoms with Crippen molar-refractivity contribution in [2.24, 2.45) is 0 Å². The second kappa shape index (κ2) is 6.39. The van der Waals surface area contributed by atoms with E-state index in [2.05, 4.69) is 38.6 Å². The summed E-state index contributed by atoms with van der Waals surface area (Å²) in [5, 5.41) is 0. The van der Waals surface area contributed by atoms with Gasteiger partial charge in [0.2, 0.25) is 0 Å². The van der Waals surface area contributed by atoms with E-state index in [1.807, 2.05) is 0 Å². The van der Waals surface area contributed by atoms with Gasteiger partial charge in [-0.15, -0.1) is 0 Å². The number of allylic oxidation sites excluding steroid dienone is 1. The lowest BCUT2D eigenvalue weighted by molar-refractivity contribution is -0.113. The van der Waals surface area contributed by atoms with E-state index in [1.54, 1.807) is 6.92 Å². The molecular formula is C16H22O. The first kappa shape index (κ1) is 13.7. The van der Waals surface area contributed by atoms with Gasteiger partial charge in [0.1, 0.15) is 0 Å². The van der Waals surface area contributed by atoms with Crippen LogP contribution in [0.25, 0.3) is 0 Å². The normalized spacial score (nSPS) is 10.3. The van der Waals surface area contributed by atoms with Crippen LogP contribution in [-0.4, -0.2) is 5.78 Å². The number of hydrogen-bond acceptors (Lipinski definition) is 1. The molecular weight excluding hydrogens is 208 g/mol. The van der Waals surface area contributed by atoms with Crippen molar-refractivity contribution < 1.29 is 4.79 Å². The maximum Gasteiger partial charge on any atom is 0.155 e. The van der Waals surface area contributed by atoms with Crippen molar-refractivity contribution in [2.75, 3.05) is 0 Å². The highest BCUT2D eigenvalue weighted by Gasteiger charge is 2.04. The van der Waals surface area contributed by atoms with E-state index >= 15 is 0 Å². The van der Waals surface area contributed by atoms with Crippen LogP contribution < -0.4 is 0 Å². The van der Waals surface area contributed by atoms with Gasteiger partial charge in [0.15, 0.2) is 5.78 Å². The maximum absolute atomic E-state index is 11.1. The van der Waals surface area contributed by atoms with Gasteiger partial charge in [0.25, 0.3) is 0 Å². The van der Waals surface area contributed by atoms with Gasteiger partial charge in [0, 0.05) is 0 Å². The number of rotatable bonds is 6. The number of hydrogen-bond donors (Lipinski definition) is 0. The molecule has 0 aliphatic carbocycles. The summed E-state index contributed by atoms with van der Waals surface area (Å²) in [5.74, 6) is 0.116. The Morgan fingerprint density at radius 1 is 1.29 bits per heavy atom. The Labute approximate surface area is 105 Å². The Hall–Kier alpha value is -1.37. The van der Waals surface area contributed by atoms with Gasteiger partial charge in [-0.2, -0.15) is 0 Å². The molecule has 0 saturated carbocycles. The fourth-order valence-electron chi connectivity index (χ4n) is 2.00. The summed E-state index contributed by atoms with van der Waals surface area (Å²) in [6, 6.07) is 6.64. The number of ketones is 1. The molecule has 0 spiro atoms. The summed E-state index contributed by atoms with van der Waals surface area (Å²) < 4.78 is 0. The Morgan fingerprint density at radius 3 is 2.59 bits per heavy atom. The molecule has 0 bridgehead atoms. The molecule has 92 valence electrons. The van der Waals surface area contributed by atoms with E-state index in [0.29, 0.717) is 0 Å². The molecule has 0 saturated heterocycles. The largest absolute Gasteiger partial charge is 0.295 e. The molecule has 0 atom stereocenters. The minimum Gasteiger partial charge on any atom is -0.295 e. The zero-order valence-electron chi connectivity index (χ0n) is 11.2. The molecule has 0 amide bonds. The van der Waals surface area contributed by atoms with E-state index in [0.717, 1.165) is 31.3 Å². The third-order valence-electron chi connectivity index (χ3n) is 3.17. The van der Waals surface area contributed by atoms with Crippen LogP contribution in [0.1, 0.15) is 43.4 Å². The van der Waals surface area contributed by atoms with E-state index in [9.17, 15) is 4.79 Å². The third kappa shape index (κ3) is 4.18. The molecule has 0 fully saturated rings. The zero-order chi connectivity index (χ0) is 12.8. The lowest BCUT2D eigenvalue weighted by Gasteiger charge is -2.09. The van der Waals surface area contributed by atoms with Crippen LogP contribution in [0.4, 0.5) is 0 Å². The minimum absolute atomic E-state index is 0.116. The Bertz CT molecular complexity index is 416.